The highest BCUT2D eigenvalue weighted by atomic mass is 35.5. The second-order valence-corrected chi connectivity index (χ2v) is 5.86. The van der Waals surface area contributed by atoms with Gasteiger partial charge in [0.1, 0.15) is 0 Å². The van der Waals surface area contributed by atoms with E-state index in [9.17, 15) is 9.59 Å². The molecule has 0 aliphatic rings. The fourth-order valence-electron chi connectivity index (χ4n) is 2.25. The van der Waals surface area contributed by atoms with Gasteiger partial charge in [-0.05, 0) is 30.7 Å². The molecule has 6 heteroatoms. The van der Waals surface area contributed by atoms with E-state index in [-0.39, 0.29) is 24.4 Å². The molecule has 0 fully saturated rings. The van der Waals surface area contributed by atoms with Crippen molar-refractivity contribution in [3.05, 3.63) is 59.1 Å². The molecule has 0 spiro atoms. The second-order valence-electron chi connectivity index (χ2n) is 5.42. The van der Waals surface area contributed by atoms with Crippen LogP contribution in [0.3, 0.4) is 0 Å². The zero-order chi connectivity index (χ0) is 17.5. The van der Waals surface area contributed by atoms with E-state index in [0.29, 0.717) is 16.4 Å². The molecule has 5 nitrogen and oxygen atoms in total. The maximum atomic E-state index is 12.1. The first kappa shape index (κ1) is 17.8. The van der Waals surface area contributed by atoms with Crippen LogP contribution in [0.15, 0.2) is 48.5 Å². The van der Waals surface area contributed by atoms with Gasteiger partial charge in [-0.25, -0.2) is 0 Å². The second kappa shape index (κ2) is 8.36. The fraction of sp³-hybridized carbons (Fsp3) is 0.222. The summed E-state index contributed by atoms with van der Waals surface area (Å²) >= 11 is 5.98. The number of benzene rings is 2. The quantitative estimate of drug-likeness (QED) is 0.749. The highest BCUT2D eigenvalue weighted by Gasteiger charge is 2.10. The van der Waals surface area contributed by atoms with Gasteiger partial charge in [0.05, 0.1) is 24.0 Å². The molecule has 0 heterocycles. The Balaban J connectivity index is 1.96. The zero-order valence-electron chi connectivity index (χ0n) is 13.6. The summed E-state index contributed by atoms with van der Waals surface area (Å²) in [7, 11) is 0. The minimum absolute atomic E-state index is 0.0735. The molecule has 0 aliphatic heterocycles. The molecule has 2 rings (SSSR count). The van der Waals surface area contributed by atoms with Crippen molar-refractivity contribution in [1.29, 1.82) is 0 Å². The van der Waals surface area contributed by atoms with Gasteiger partial charge < -0.3 is 16.0 Å². The number of anilines is 2. The molecular formula is C18H20ClN3O2. The first-order valence-electron chi connectivity index (χ1n) is 7.61. The molecule has 0 aromatic heterocycles. The average Bonchev–Trinajstić information content (AvgIpc) is 2.55. The Labute approximate surface area is 146 Å². The van der Waals surface area contributed by atoms with E-state index in [1.807, 2.05) is 37.3 Å². The Morgan fingerprint density at radius 2 is 1.79 bits per heavy atom. The number of carbonyl (C=O) groups excluding carboxylic acids is 2. The van der Waals surface area contributed by atoms with Crippen molar-refractivity contribution in [3.63, 3.8) is 0 Å². The van der Waals surface area contributed by atoms with Gasteiger partial charge in [-0.3, -0.25) is 9.59 Å². The highest BCUT2D eigenvalue weighted by Crippen LogP contribution is 2.25. The number of rotatable bonds is 6. The van der Waals surface area contributed by atoms with Crippen LogP contribution in [0, 0.1) is 0 Å². The Morgan fingerprint density at radius 1 is 1.08 bits per heavy atom. The molecule has 2 amide bonds. The molecule has 0 unspecified atom stereocenters. The topological polar surface area (TPSA) is 70.2 Å². The average molecular weight is 346 g/mol. The van der Waals surface area contributed by atoms with Crippen LogP contribution in [0.2, 0.25) is 5.02 Å². The first-order valence-corrected chi connectivity index (χ1v) is 7.99. The van der Waals surface area contributed by atoms with Crippen LogP contribution >= 0.6 is 11.6 Å². The highest BCUT2D eigenvalue weighted by molar-refractivity contribution is 6.31. The van der Waals surface area contributed by atoms with Crippen molar-refractivity contribution in [2.45, 2.75) is 19.9 Å². The molecule has 0 saturated heterocycles. The monoisotopic (exact) mass is 345 g/mol. The predicted octanol–water partition coefficient (Wildman–Crippen LogP) is 3.59. The van der Waals surface area contributed by atoms with Crippen LogP contribution in [-0.4, -0.2) is 18.4 Å². The number of hydrogen-bond donors (Lipinski definition) is 3. The first-order chi connectivity index (χ1) is 11.5. The van der Waals surface area contributed by atoms with Crippen molar-refractivity contribution in [2.75, 3.05) is 17.2 Å². The molecule has 0 radical (unpaired) electrons. The van der Waals surface area contributed by atoms with Crippen molar-refractivity contribution in [3.8, 4) is 0 Å². The van der Waals surface area contributed by atoms with Crippen LogP contribution in [0.5, 0.6) is 0 Å². The molecule has 24 heavy (non-hydrogen) atoms. The van der Waals surface area contributed by atoms with Crippen LogP contribution in [0.25, 0.3) is 0 Å². The Bertz CT molecular complexity index is 719. The van der Waals surface area contributed by atoms with Crippen LogP contribution in [0.4, 0.5) is 11.4 Å². The Kier molecular flexibility index (Phi) is 6.21. The minimum atomic E-state index is -0.192. The largest absolute Gasteiger partial charge is 0.374 e. The molecule has 0 saturated carbocycles. The van der Waals surface area contributed by atoms with E-state index in [0.717, 1.165) is 5.56 Å². The summed E-state index contributed by atoms with van der Waals surface area (Å²) in [5, 5.41) is 9.14. The van der Waals surface area contributed by atoms with Gasteiger partial charge in [0.2, 0.25) is 11.8 Å². The third-order valence-corrected chi connectivity index (χ3v) is 3.64. The number of nitrogens with one attached hydrogen (secondary N) is 3. The lowest BCUT2D eigenvalue weighted by Gasteiger charge is -2.16. The van der Waals surface area contributed by atoms with Gasteiger partial charge >= 0.3 is 0 Å². The lowest BCUT2D eigenvalue weighted by atomic mass is 10.1. The Hall–Kier alpha value is -2.53. The number of hydrogen-bond acceptors (Lipinski definition) is 3. The smallest absolute Gasteiger partial charge is 0.239 e. The lowest BCUT2D eigenvalue weighted by Crippen LogP contribution is -2.32. The van der Waals surface area contributed by atoms with Crippen LogP contribution in [-0.2, 0) is 9.59 Å². The van der Waals surface area contributed by atoms with Gasteiger partial charge in [-0.15, -0.1) is 0 Å². The van der Waals surface area contributed by atoms with Crippen molar-refractivity contribution in [2.24, 2.45) is 0 Å². The molecule has 126 valence electrons. The van der Waals surface area contributed by atoms with Crippen LogP contribution in [0.1, 0.15) is 25.5 Å². The van der Waals surface area contributed by atoms with Crippen molar-refractivity contribution in [1.82, 2.24) is 5.32 Å². The van der Waals surface area contributed by atoms with E-state index in [1.54, 1.807) is 18.2 Å². The molecule has 2 aromatic rings. The SMILES string of the molecule is CC(=O)Nc1ccc(Cl)cc1NCC(=O)N[C@@H](C)c1ccccc1. The molecular weight excluding hydrogens is 326 g/mol. The van der Waals surface area contributed by atoms with Gasteiger partial charge in [0.15, 0.2) is 0 Å². The summed E-state index contributed by atoms with van der Waals surface area (Å²) in [5.74, 6) is -0.345. The summed E-state index contributed by atoms with van der Waals surface area (Å²) in [6, 6.07) is 14.7. The minimum Gasteiger partial charge on any atom is -0.374 e. The van der Waals surface area contributed by atoms with Gasteiger partial charge in [-0.1, -0.05) is 41.9 Å². The number of halogens is 1. The third-order valence-electron chi connectivity index (χ3n) is 3.41. The maximum absolute atomic E-state index is 12.1. The molecule has 0 bridgehead atoms. The molecule has 3 N–H and O–H groups in total. The molecule has 0 aliphatic carbocycles. The molecule has 1 atom stereocenters. The summed E-state index contributed by atoms with van der Waals surface area (Å²) in [6.07, 6.45) is 0. The number of amides is 2. The Morgan fingerprint density at radius 3 is 2.46 bits per heavy atom. The van der Waals surface area contributed by atoms with Crippen molar-refractivity contribution < 1.29 is 9.59 Å². The maximum Gasteiger partial charge on any atom is 0.239 e. The van der Waals surface area contributed by atoms with E-state index in [1.165, 1.54) is 6.92 Å². The lowest BCUT2D eigenvalue weighted by molar-refractivity contribution is -0.120. The van der Waals surface area contributed by atoms with E-state index < -0.39 is 0 Å². The third kappa shape index (κ3) is 5.28. The summed E-state index contributed by atoms with van der Waals surface area (Å²) in [6.45, 7) is 3.42. The van der Waals surface area contributed by atoms with E-state index in [4.69, 9.17) is 11.6 Å². The van der Waals surface area contributed by atoms with E-state index in [2.05, 4.69) is 16.0 Å². The van der Waals surface area contributed by atoms with Gasteiger partial charge in [0.25, 0.3) is 0 Å². The zero-order valence-corrected chi connectivity index (χ0v) is 14.4. The fourth-order valence-corrected chi connectivity index (χ4v) is 2.43. The van der Waals surface area contributed by atoms with Gasteiger partial charge in [-0.2, -0.15) is 0 Å². The number of carbonyl (C=O) groups is 2. The van der Waals surface area contributed by atoms with Crippen molar-refractivity contribution >= 4 is 34.8 Å². The standard InChI is InChI=1S/C18H20ClN3O2/c1-12(14-6-4-3-5-7-14)21-18(24)11-20-17-10-15(19)8-9-16(17)22-13(2)23/h3-10,12,20H,11H2,1-2H3,(H,21,24)(H,22,23)/t12-/m0/s1. The van der Waals surface area contributed by atoms with Gasteiger partial charge in [0, 0.05) is 11.9 Å². The normalized spacial score (nSPS) is 11.5. The summed E-state index contributed by atoms with van der Waals surface area (Å²) in [4.78, 5) is 23.4. The summed E-state index contributed by atoms with van der Waals surface area (Å²) in [5.41, 5.74) is 2.21. The summed E-state index contributed by atoms with van der Waals surface area (Å²) < 4.78 is 0. The van der Waals surface area contributed by atoms with E-state index >= 15 is 0 Å². The molecule has 2 aromatic carbocycles. The van der Waals surface area contributed by atoms with Crippen LogP contribution < -0.4 is 16.0 Å². The predicted molar refractivity (Wildman–Crippen MR) is 97.2 cm³/mol.